The highest BCUT2D eigenvalue weighted by atomic mass is 35.5. The van der Waals surface area contributed by atoms with Crippen molar-refractivity contribution in [1.29, 1.82) is 0 Å². The summed E-state index contributed by atoms with van der Waals surface area (Å²) in [5.74, 6) is -4.27. The third-order valence-electron chi connectivity index (χ3n) is 4.51. The number of halogens is 3. The number of methoxy groups -OCH3 is 1. The zero-order valence-corrected chi connectivity index (χ0v) is 17.7. The fourth-order valence-corrected chi connectivity index (χ4v) is 4.14. The lowest BCUT2D eigenvalue weighted by molar-refractivity contribution is -0.249. The van der Waals surface area contributed by atoms with Crippen molar-refractivity contribution >= 4 is 39.4 Å². The molecular weight excluding hydrogens is 470 g/mol. The summed E-state index contributed by atoms with van der Waals surface area (Å²) in [7, 11) is -0.789. The number of nitrogens with one attached hydrogen (secondary N) is 2. The largest absolute Gasteiger partial charge is 0.481 e. The van der Waals surface area contributed by atoms with Crippen molar-refractivity contribution in [2.45, 2.75) is 17.1 Å². The van der Waals surface area contributed by atoms with Crippen LogP contribution < -0.4 is 9.46 Å². The second-order valence-electron chi connectivity index (χ2n) is 6.44. The number of aromatic nitrogens is 5. The molecule has 0 aliphatic carbocycles. The maximum atomic E-state index is 12.9. The third kappa shape index (κ3) is 3.79. The van der Waals surface area contributed by atoms with E-state index in [1.54, 1.807) is 35.3 Å². The van der Waals surface area contributed by atoms with Crippen molar-refractivity contribution in [3.05, 3.63) is 53.6 Å². The first-order chi connectivity index (χ1) is 15.2. The smallest absolute Gasteiger partial charge is 0.296 e. The molecule has 4 rings (SSSR count). The van der Waals surface area contributed by atoms with Crippen molar-refractivity contribution in [2.24, 2.45) is 0 Å². The molecule has 4 aromatic rings. The lowest BCUT2D eigenvalue weighted by atomic mass is 10.1. The minimum absolute atomic E-state index is 0.246. The van der Waals surface area contributed by atoms with Gasteiger partial charge in [0.25, 0.3) is 12.2 Å². The van der Waals surface area contributed by atoms with Crippen LogP contribution in [0.25, 0.3) is 16.6 Å². The Hall–Kier alpha value is -3.13. The van der Waals surface area contributed by atoms with E-state index in [9.17, 15) is 23.2 Å². The van der Waals surface area contributed by atoms with Gasteiger partial charge in [0.1, 0.15) is 5.69 Å². The third-order valence-corrected chi connectivity index (χ3v) is 5.92. The summed E-state index contributed by atoms with van der Waals surface area (Å²) < 4.78 is 47.8. The first-order valence-electron chi connectivity index (χ1n) is 8.86. The summed E-state index contributed by atoms with van der Waals surface area (Å²) in [6, 6.07) is 5.04. The Bertz CT molecular complexity index is 1300. The summed E-state index contributed by atoms with van der Waals surface area (Å²) in [4.78, 5) is 10.9. The van der Waals surface area contributed by atoms with Crippen LogP contribution in [0, 0.1) is 0 Å². The molecule has 4 N–H and O–H groups in total. The zero-order chi connectivity index (χ0) is 23.0. The number of ether oxygens (including phenoxy) is 1. The van der Waals surface area contributed by atoms with Crippen LogP contribution in [0.3, 0.4) is 0 Å². The molecule has 0 saturated carbocycles. The Morgan fingerprint density at radius 3 is 2.81 bits per heavy atom. The van der Waals surface area contributed by atoms with Crippen LogP contribution in [0.2, 0.25) is 5.02 Å². The molecule has 1 atom stereocenters. The van der Waals surface area contributed by atoms with E-state index in [0.717, 1.165) is 13.3 Å². The SMILES string of the molecule is COc1nc(NS(=O)c2c[nH]c3c(-n4cccn4)c(Cl)ccc23)ncc1C(O)(O)C(F)F. The Balaban J connectivity index is 1.67. The number of aliphatic hydroxyl groups is 2. The fourth-order valence-electron chi connectivity index (χ4n) is 2.99. The van der Waals surface area contributed by atoms with Gasteiger partial charge < -0.3 is 19.9 Å². The van der Waals surface area contributed by atoms with Crippen LogP contribution >= 0.6 is 11.6 Å². The fraction of sp³-hybridized carbons (Fsp3) is 0.167. The van der Waals surface area contributed by atoms with Crippen LogP contribution in [0.5, 0.6) is 5.88 Å². The lowest BCUT2D eigenvalue weighted by Gasteiger charge is -2.22. The minimum Gasteiger partial charge on any atom is -0.481 e. The molecular formula is C18H15ClF2N6O4S. The molecule has 14 heteroatoms. The number of rotatable bonds is 7. The number of H-pyrrole nitrogens is 1. The van der Waals surface area contributed by atoms with Gasteiger partial charge in [0, 0.05) is 30.2 Å². The van der Waals surface area contributed by atoms with E-state index in [-0.39, 0.29) is 5.95 Å². The molecule has 1 unspecified atom stereocenters. The number of hydrogen-bond donors (Lipinski definition) is 4. The summed E-state index contributed by atoms with van der Waals surface area (Å²) >= 11 is 6.32. The van der Waals surface area contributed by atoms with Crippen LogP contribution in [0.1, 0.15) is 5.56 Å². The molecule has 0 aliphatic rings. The van der Waals surface area contributed by atoms with Gasteiger partial charge >= 0.3 is 0 Å². The lowest BCUT2D eigenvalue weighted by Crippen LogP contribution is -2.34. The number of anilines is 1. The number of fused-ring (bicyclic) bond motifs is 1. The van der Waals surface area contributed by atoms with Crippen molar-refractivity contribution < 1.29 is 27.9 Å². The number of hydrogen-bond acceptors (Lipinski definition) is 7. The predicted octanol–water partition coefficient (Wildman–Crippen LogP) is 2.34. The van der Waals surface area contributed by atoms with Gasteiger partial charge in [0.15, 0.2) is 11.0 Å². The quantitative estimate of drug-likeness (QED) is 0.295. The van der Waals surface area contributed by atoms with Gasteiger partial charge in [-0.15, -0.1) is 0 Å². The minimum atomic E-state index is -3.53. The second-order valence-corrected chi connectivity index (χ2v) is 8.02. The molecule has 0 aliphatic heterocycles. The predicted molar refractivity (Wildman–Crippen MR) is 111 cm³/mol. The van der Waals surface area contributed by atoms with Crippen LogP contribution in [0.15, 0.2) is 47.9 Å². The maximum absolute atomic E-state index is 12.9. The van der Waals surface area contributed by atoms with E-state index in [4.69, 9.17) is 16.3 Å². The Morgan fingerprint density at radius 1 is 1.38 bits per heavy atom. The maximum Gasteiger partial charge on any atom is 0.296 e. The highest BCUT2D eigenvalue weighted by Crippen LogP contribution is 2.33. The van der Waals surface area contributed by atoms with Crippen molar-refractivity contribution in [3.8, 4) is 11.6 Å². The summed E-state index contributed by atoms with van der Waals surface area (Å²) in [6.45, 7) is 0. The van der Waals surface area contributed by atoms with Crippen molar-refractivity contribution in [1.82, 2.24) is 24.7 Å². The number of aromatic amines is 1. The van der Waals surface area contributed by atoms with E-state index in [0.29, 0.717) is 26.5 Å². The van der Waals surface area contributed by atoms with Gasteiger partial charge in [-0.2, -0.15) is 10.1 Å². The summed E-state index contributed by atoms with van der Waals surface area (Å²) in [6.07, 6.45) is 2.03. The topological polar surface area (TPSA) is 138 Å². The van der Waals surface area contributed by atoms with E-state index >= 15 is 0 Å². The molecule has 1 aromatic carbocycles. The normalized spacial score (nSPS) is 13.0. The Morgan fingerprint density at radius 2 is 2.16 bits per heavy atom. The van der Waals surface area contributed by atoms with Gasteiger partial charge in [0.2, 0.25) is 11.8 Å². The highest BCUT2D eigenvalue weighted by Gasteiger charge is 2.41. The first kappa shape index (κ1) is 22.1. The molecule has 0 spiro atoms. The molecule has 32 heavy (non-hydrogen) atoms. The van der Waals surface area contributed by atoms with Crippen LogP contribution in [-0.2, 0) is 16.8 Å². The van der Waals surface area contributed by atoms with E-state index in [2.05, 4.69) is 24.8 Å². The molecule has 0 amide bonds. The molecule has 0 saturated heterocycles. The van der Waals surface area contributed by atoms with Gasteiger partial charge in [0.05, 0.1) is 28.1 Å². The summed E-state index contributed by atoms with van der Waals surface area (Å²) in [5, 5.41) is 24.3. The average molecular weight is 485 g/mol. The molecule has 0 fully saturated rings. The first-order valence-corrected chi connectivity index (χ1v) is 10.4. The molecule has 10 nitrogen and oxygen atoms in total. The van der Waals surface area contributed by atoms with Crippen molar-refractivity contribution in [2.75, 3.05) is 11.8 Å². The summed E-state index contributed by atoms with van der Waals surface area (Å²) in [5.41, 5.74) is 0.410. The van der Waals surface area contributed by atoms with Gasteiger partial charge in [-0.25, -0.2) is 22.7 Å². The second kappa shape index (κ2) is 8.43. The van der Waals surface area contributed by atoms with E-state index in [1.165, 1.54) is 6.20 Å². The zero-order valence-electron chi connectivity index (χ0n) is 16.2. The molecule has 0 bridgehead atoms. The van der Waals surface area contributed by atoms with Crippen molar-refractivity contribution in [3.63, 3.8) is 0 Å². The Kier molecular flexibility index (Phi) is 5.81. The number of benzene rings is 1. The van der Waals surface area contributed by atoms with Crippen LogP contribution in [-0.4, -0.2) is 52.7 Å². The molecule has 3 aromatic heterocycles. The van der Waals surface area contributed by atoms with E-state index < -0.39 is 34.6 Å². The number of alkyl halides is 2. The standard InChI is InChI=1S/C18H15ClF2N6O4S/c1-31-15-10(18(28,29)16(20)21)7-23-17(25-15)26-32(30)12-8-22-13-9(12)3-4-11(19)14(13)27-6-2-5-24-27/h2-8,16,22,28-29H,1H3,(H,23,25,26). The van der Waals surface area contributed by atoms with Crippen LogP contribution in [0.4, 0.5) is 14.7 Å². The Labute approximate surface area is 186 Å². The van der Waals surface area contributed by atoms with E-state index in [1.807, 2.05) is 0 Å². The average Bonchev–Trinajstić information content (AvgIpc) is 3.43. The number of nitrogens with zero attached hydrogens (tertiary/aromatic N) is 4. The molecule has 0 radical (unpaired) electrons. The van der Waals surface area contributed by atoms with Gasteiger partial charge in [-0.1, -0.05) is 11.6 Å². The van der Waals surface area contributed by atoms with Gasteiger partial charge in [-0.3, -0.25) is 4.72 Å². The molecule has 3 heterocycles. The molecule has 168 valence electrons. The van der Waals surface area contributed by atoms with Gasteiger partial charge in [-0.05, 0) is 18.2 Å². The monoisotopic (exact) mass is 484 g/mol. The highest BCUT2D eigenvalue weighted by molar-refractivity contribution is 7.86.